The minimum absolute atomic E-state index is 0.304. The minimum atomic E-state index is -0.730. The van der Waals surface area contributed by atoms with Gasteiger partial charge in [-0.05, 0) is 6.92 Å². The monoisotopic (exact) mass is 298 g/mol. The maximum absolute atomic E-state index is 10.8. The number of carboxylic acids is 1. The van der Waals surface area contributed by atoms with E-state index >= 15 is 0 Å². The van der Waals surface area contributed by atoms with Crippen LogP contribution >= 0.6 is 23.5 Å². The molecule has 19 heavy (non-hydrogen) atoms. The molecule has 1 N–H and O–H groups in total. The first-order chi connectivity index (χ1) is 9.08. The zero-order chi connectivity index (χ0) is 13.8. The number of benzene rings is 1. The standard InChI is InChI=1S/C14H18O3S2/c1-9-3-11(6-18-5-10(2)14(15)16)13-12(4-9)7-19-8-17-13/h3-4,10H,5-8H2,1-2H3,(H,15,16). The van der Waals surface area contributed by atoms with Gasteiger partial charge in [0.05, 0.1) is 5.92 Å². The molecule has 1 atom stereocenters. The van der Waals surface area contributed by atoms with Crippen LogP contribution in [0.15, 0.2) is 12.1 Å². The second kappa shape index (κ2) is 6.57. The molecule has 0 radical (unpaired) electrons. The number of ether oxygens (including phenoxy) is 1. The summed E-state index contributed by atoms with van der Waals surface area (Å²) in [7, 11) is 0. The van der Waals surface area contributed by atoms with Gasteiger partial charge in [-0.2, -0.15) is 11.8 Å². The Morgan fingerprint density at radius 2 is 2.37 bits per heavy atom. The molecule has 1 heterocycles. The van der Waals surface area contributed by atoms with Gasteiger partial charge in [0.2, 0.25) is 0 Å². The number of aliphatic carboxylic acids is 1. The smallest absolute Gasteiger partial charge is 0.307 e. The van der Waals surface area contributed by atoms with Crippen molar-refractivity contribution >= 4 is 29.5 Å². The fourth-order valence-electron chi connectivity index (χ4n) is 2.00. The van der Waals surface area contributed by atoms with E-state index in [4.69, 9.17) is 9.84 Å². The summed E-state index contributed by atoms with van der Waals surface area (Å²) in [5, 5.41) is 8.87. The van der Waals surface area contributed by atoms with E-state index in [0.717, 1.165) is 17.3 Å². The minimum Gasteiger partial charge on any atom is -0.482 e. The number of hydrogen-bond acceptors (Lipinski definition) is 4. The van der Waals surface area contributed by atoms with E-state index in [0.29, 0.717) is 11.7 Å². The van der Waals surface area contributed by atoms with Gasteiger partial charge in [-0.25, -0.2) is 0 Å². The molecule has 0 amide bonds. The molecule has 1 aliphatic rings. The highest BCUT2D eigenvalue weighted by molar-refractivity contribution is 7.98. The normalized spacial score (nSPS) is 15.5. The fourth-order valence-corrected chi connectivity index (χ4v) is 3.76. The van der Waals surface area contributed by atoms with Crippen molar-refractivity contribution in [1.29, 1.82) is 0 Å². The predicted molar refractivity (Wildman–Crippen MR) is 80.9 cm³/mol. The first-order valence-electron chi connectivity index (χ1n) is 6.21. The van der Waals surface area contributed by atoms with Gasteiger partial charge in [0.25, 0.3) is 0 Å². The van der Waals surface area contributed by atoms with Crippen LogP contribution in [-0.4, -0.2) is 22.8 Å². The Kier molecular flexibility index (Phi) is 5.05. The number of fused-ring (bicyclic) bond motifs is 1. The van der Waals surface area contributed by atoms with Crippen molar-refractivity contribution in [2.45, 2.75) is 25.4 Å². The summed E-state index contributed by atoms with van der Waals surface area (Å²) in [6.07, 6.45) is 0. The van der Waals surface area contributed by atoms with Gasteiger partial charge in [0.15, 0.2) is 0 Å². The van der Waals surface area contributed by atoms with Crippen molar-refractivity contribution in [2.75, 3.05) is 11.7 Å². The van der Waals surface area contributed by atoms with Crippen LogP contribution in [-0.2, 0) is 16.3 Å². The summed E-state index contributed by atoms with van der Waals surface area (Å²) in [6, 6.07) is 4.32. The zero-order valence-electron chi connectivity index (χ0n) is 11.1. The van der Waals surface area contributed by atoms with E-state index in [-0.39, 0.29) is 5.92 Å². The van der Waals surface area contributed by atoms with Gasteiger partial charge in [-0.15, -0.1) is 11.8 Å². The third-order valence-electron chi connectivity index (χ3n) is 2.98. The third kappa shape index (κ3) is 3.83. The van der Waals surface area contributed by atoms with Crippen molar-refractivity contribution in [3.05, 3.63) is 28.8 Å². The maximum Gasteiger partial charge on any atom is 0.307 e. The van der Waals surface area contributed by atoms with Crippen LogP contribution in [0.3, 0.4) is 0 Å². The first kappa shape index (κ1) is 14.6. The summed E-state index contributed by atoms with van der Waals surface area (Å²) >= 11 is 3.44. The molecule has 0 saturated heterocycles. The summed E-state index contributed by atoms with van der Waals surface area (Å²) in [5.41, 5.74) is 3.70. The quantitative estimate of drug-likeness (QED) is 0.901. The molecule has 104 valence electrons. The Labute approximate surface area is 122 Å². The molecule has 0 fully saturated rings. The molecule has 0 aliphatic carbocycles. The van der Waals surface area contributed by atoms with E-state index in [1.807, 2.05) is 0 Å². The molecule has 0 saturated carbocycles. The number of hydrogen-bond donors (Lipinski definition) is 1. The van der Waals surface area contributed by atoms with Crippen molar-refractivity contribution in [1.82, 2.24) is 0 Å². The Morgan fingerprint density at radius 1 is 1.58 bits per heavy atom. The summed E-state index contributed by atoms with van der Waals surface area (Å²) < 4.78 is 5.75. The average molecular weight is 298 g/mol. The van der Waals surface area contributed by atoms with Crippen LogP contribution in [0.1, 0.15) is 23.6 Å². The molecule has 1 aromatic carbocycles. The van der Waals surface area contributed by atoms with E-state index in [9.17, 15) is 4.79 Å². The highest BCUT2D eigenvalue weighted by Crippen LogP contribution is 2.35. The second-order valence-corrected chi connectivity index (χ2v) is 6.74. The number of carbonyl (C=O) groups is 1. The first-order valence-corrected chi connectivity index (χ1v) is 8.52. The van der Waals surface area contributed by atoms with Gasteiger partial charge < -0.3 is 9.84 Å². The molecule has 1 aliphatic heterocycles. The van der Waals surface area contributed by atoms with Gasteiger partial charge in [0.1, 0.15) is 11.7 Å². The molecule has 0 spiro atoms. The van der Waals surface area contributed by atoms with E-state index < -0.39 is 5.97 Å². The van der Waals surface area contributed by atoms with Crippen LogP contribution in [0.25, 0.3) is 0 Å². The maximum atomic E-state index is 10.8. The third-order valence-corrected chi connectivity index (χ3v) is 5.03. The number of rotatable bonds is 5. The van der Waals surface area contributed by atoms with E-state index in [2.05, 4.69) is 19.1 Å². The Hall–Kier alpha value is -0.810. The lowest BCUT2D eigenvalue weighted by Gasteiger charge is -2.21. The van der Waals surface area contributed by atoms with Gasteiger partial charge in [-0.3, -0.25) is 4.79 Å². The molecule has 0 aromatic heterocycles. The van der Waals surface area contributed by atoms with E-state index in [1.165, 1.54) is 16.7 Å². The molecule has 2 rings (SSSR count). The fraction of sp³-hybridized carbons (Fsp3) is 0.500. The highest BCUT2D eigenvalue weighted by Gasteiger charge is 2.17. The van der Waals surface area contributed by atoms with Crippen molar-refractivity contribution < 1.29 is 14.6 Å². The van der Waals surface area contributed by atoms with E-state index in [1.54, 1.807) is 30.4 Å². The number of carboxylic acid groups (broad SMARTS) is 1. The van der Waals surface area contributed by atoms with Gasteiger partial charge >= 0.3 is 5.97 Å². The van der Waals surface area contributed by atoms with Crippen molar-refractivity contribution in [3.8, 4) is 5.75 Å². The molecule has 1 aromatic rings. The summed E-state index contributed by atoms with van der Waals surface area (Å²) in [5.74, 6) is 3.13. The van der Waals surface area contributed by atoms with Crippen molar-refractivity contribution in [3.63, 3.8) is 0 Å². The van der Waals surface area contributed by atoms with Crippen LogP contribution in [0, 0.1) is 12.8 Å². The SMILES string of the molecule is Cc1cc2c(c(CSCC(C)C(=O)O)c1)OCSC2. The van der Waals surface area contributed by atoms with Gasteiger partial charge in [0, 0.05) is 28.4 Å². The Balaban J connectivity index is 2.03. The lowest BCUT2D eigenvalue weighted by atomic mass is 10.1. The van der Waals surface area contributed by atoms with Crippen LogP contribution in [0.5, 0.6) is 5.75 Å². The lowest BCUT2D eigenvalue weighted by molar-refractivity contribution is -0.140. The Bertz CT molecular complexity index is 474. The molecular weight excluding hydrogens is 280 g/mol. The van der Waals surface area contributed by atoms with Crippen LogP contribution in [0.2, 0.25) is 0 Å². The van der Waals surface area contributed by atoms with Gasteiger partial charge in [-0.1, -0.05) is 24.6 Å². The molecule has 5 heteroatoms. The molecule has 0 bridgehead atoms. The van der Waals surface area contributed by atoms with Crippen LogP contribution in [0.4, 0.5) is 0 Å². The average Bonchev–Trinajstić information content (AvgIpc) is 2.38. The van der Waals surface area contributed by atoms with Crippen molar-refractivity contribution in [2.24, 2.45) is 5.92 Å². The molecule has 3 nitrogen and oxygen atoms in total. The largest absolute Gasteiger partial charge is 0.482 e. The highest BCUT2D eigenvalue weighted by atomic mass is 32.2. The molecule has 1 unspecified atom stereocenters. The number of thioether (sulfide) groups is 2. The number of aryl methyl sites for hydroxylation is 1. The zero-order valence-corrected chi connectivity index (χ0v) is 12.8. The predicted octanol–water partition coefficient (Wildman–Crippen LogP) is 3.53. The topological polar surface area (TPSA) is 46.5 Å². The lowest BCUT2D eigenvalue weighted by Crippen LogP contribution is -2.12. The summed E-state index contributed by atoms with van der Waals surface area (Å²) in [4.78, 5) is 10.8. The summed E-state index contributed by atoms with van der Waals surface area (Å²) in [6.45, 7) is 3.84. The van der Waals surface area contributed by atoms with Crippen LogP contribution < -0.4 is 4.74 Å². The second-order valence-electron chi connectivity index (χ2n) is 4.78. The Morgan fingerprint density at radius 3 is 3.11 bits per heavy atom. The molecular formula is C14H18O3S2.